The lowest BCUT2D eigenvalue weighted by Gasteiger charge is -2.02. The Hall–Kier alpha value is -1.75. The third kappa shape index (κ3) is 1.49. The molecular formula is C9H11N5. The van der Waals surface area contributed by atoms with Crippen molar-refractivity contribution in [2.45, 2.75) is 13.5 Å². The standard InChI is InChI=1S/C9H11N5/c1-7-5-11-3-2-8(7)14-6-12-9(4-10)13-14/h2-3,5-6H,4,10H2,1H3. The minimum Gasteiger partial charge on any atom is -0.324 e. The van der Waals surface area contributed by atoms with Crippen molar-refractivity contribution in [1.29, 1.82) is 0 Å². The summed E-state index contributed by atoms with van der Waals surface area (Å²) in [7, 11) is 0. The molecule has 0 bridgehead atoms. The fourth-order valence-corrected chi connectivity index (χ4v) is 1.23. The number of nitrogens with two attached hydrogens (primary N) is 1. The van der Waals surface area contributed by atoms with Gasteiger partial charge in [-0.15, -0.1) is 5.10 Å². The highest BCUT2D eigenvalue weighted by Crippen LogP contribution is 2.09. The molecular weight excluding hydrogens is 178 g/mol. The first kappa shape index (κ1) is 8.83. The van der Waals surface area contributed by atoms with Crippen LogP contribution in [0.1, 0.15) is 11.4 Å². The first-order chi connectivity index (χ1) is 6.81. The Balaban J connectivity index is 2.44. The Morgan fingerprint density at radius 1 is 1.50 bits per heavy atom. The summed E-state index contributed by atoms with van der Waals surface area (Å²) in [5.74, 6) is 0.640. The third-order valence-corrected chi connectivity index (χ3v) is 1.96. The van der Waals surface area contributed by atoms with Gasteiger partial charge in [0, 0.05) is 12.4 Å². The summed E-state index contributed by atoms with van der Waals surface area (Å²) in [6.45, 7) is 2.34. The van der Waals surface area contributed by atoms with Gasteiger partial charge in [-0.1, -0.05) is 0 Å². The van der Waals surface area contributed by atoms with Gasteiger partial charge < -0.3 is 5.73 Å². The fraction of sp³-hybridized carbons (Fsp3) is 0.222. The molecule has 0 unspecified atom stereocenters. The summed E-state index contributed by atoms with van der Waals surface area (Å²) in [6.07, 6.45) is 5.18. The molecule has 0 aromatic carbocycles. The number of aryl methyl sites for hydroxylation is 1. The maximum Gasteiger partial charge on any atom is 0.164 e. The number of pyridine rings is 1. The molecule has 5 nitrogen and oxygen atoms in total. The van der Waals surface area contributed by atoms with Crippen LogP contribution >= 0.6 is 0 Å². The second kappa shape index (κ2) is 3.55. The smallest absolute Gasteiger partial charge is 0.164 e. The lowest BCUT2D eigenvalue weighted by Crippen LogP contribution is -2.02. The van der Waals surface area contributed by atoms with E-state index in [4.69, 9.17) is 5.73 Å². The normalized spacial score (nSPS) is 10.4. The third-order valence-electron chi connectivity index (χ3n) is 1.96. The second-order valence-corrected chi connectivity index (χ2v) is 2.97. The Morgan fingerprint density at radius 2 is 2.36 bits per heavy atom. The molecule has 0 spiro atoms. The highest BCUT2D eigenvalue weighted by atomic mass is 15.3. The van der Waals surface area contributed by atoms with Crippen LogP contribution in [0.15, 0.2) is 24.8 Å². The molecule has 0 aliphatic rings. The average molecular weight is 189 g/mol. The van der Waals surface area contributed by atoms with Crippen LogP contribution in [0.4, 0.5) is 0 Å². The summed E-state index contributed by atoms with van der Waals surface area (Å²) >= 11 is 0. The quantitative estimate of drug-likeness (QED) is 0.743. The first-order valence-electron chi connectivity index (χ1n) is 4.33. The molecule has 0 atom stereocenters. The van der Waals surface area contributed by atoms with Crippen molar-refractivity contribution >= 4 is 0 Å². The van der Waals surface area contributed by atoms with Gasteiger partial charge >= 0.3 is 0 Å². The molecule has 14 heavy (non-hydrogen) atoms. The van der Waals surface area contributed by atoms with E-state index >= 15 is 0 Å². The monoisotopic (exact) mass is 189 g/mol. The van der Waals surface area contributed by atoms with Crippen LogP contribution in [-0.4, -0.2) is 19.7 Å². The molecule has 0 aliphatic heterocycles. The van der Waals surface area contributed by atoms with Gasteiger partial charge in [-0.2, -0.15) is 0 Å². The van der Waals surface area contributed by atoms with Crippen LogP contribution in [0, 0.1) is 6.92 Å². The Bertz CT molecular complexity index is 434. The maximum absolute atomic E-state index is 5.43. The Morgan fingerprint density at radius 3 is 3.00 bits per heavy atom. The van der Waals surface area contributed by atoms with Gasteiger partial charge in [0.25, 0.3) is 0 Å². The SMILES string of the molecule is Cc1cnccc1-n1cnc(CN)n1. The maximum atomic E-state index is 5.43. The molecule has 0 radical (unpaired) electrons. The van der Waals surface area contributed by atoms with Crippen molar-refractivity contribution in [2.24, 2.45) is 5.73 Å². The number of rotatable bonds is 2. The van der Waals surface area contributed by atoms with Crippen LogP contribution in [0.3, 0.4) is 0 Å². The van der Waals surface area contributed by atoms with E-state index in [1.807, 2.05) is 13.0 Å². The zero-order valence-electron chi connectivity index (χ0n) is 7.88. The Kier molecular flexibility index (Phi) is 2.24. The highest BCUT2D eigenvalue weighted by molar-refractivity contribution is 5.36. The lowest BCUT2D eigenvalue weighted by molar-refractivity contribution is 0.824. The van der Waals surface area contributed by atoms with E-state index in [0.717, 1.165) is 11.3 Å². The van der Waals surface area contributed by atoms with Gasteiger partial charge in [0.1, 0.15) is 6.33 Å². The lowest BCUT2D eigenvalue weighted by atomic mass is 10.3. The molecule has 0 saturated heterocycles. The number of aromatic nitrogens is 4. The number of hydrogen-bond donors (Lipinski definition) is 1. The van der Waals surface area contributed by atoms with Gasteiger partial charge in [0.05, 0.1) is 12.2 Å². The van der Waals surface area contributed by atoms with E-state index in [9.17, 15) is 0 Å². The molecule has 5 heteroatoms. The molecule has 2 N–H and O–H groups in total. The summed E-state index contributed by atoms with van der Waals surface area (Å²) in [5.41, 5.74) is 7.46. The molecule has 2 rings (SSSR count). The molecule has 2 heterocycles. The average Bonchev–Trinajstić information content (AvgIpc) is 2.67. The molecule has 0 saturated carbocycles. The predicted octanol–water partition coefficient (Wildman–Crippen LogP) is 0.429. The van der Waals surface area contributed by atoms with Crippen molar-refractivity contribution in [2.75, 3.05) is 0 Å². The zero-order valence-corrected chi connectivity index (χ0v) is 7.88. The largest absolute Gasteiger partial charge is 0.324 e. The molecule has 2 aromatic heterocycles. The summed E-state index contributed by atoms with van der Waals surface area (Å²) in [4.78, 5) is 8.07. The highest BCUT2D eigenvalue weighted by Gasteiger charge is 2.03. The van der Waals surface area contributed by atoms with Gasteiger partial charge in [0.15, 0.2) is 5.82 Å². The first-order valence-corrected chi connectivity index (χ1v) is 4.33. The molecule has 2 aromatic rings. The van der Waals surface area contributed by atoms with E-state index in [1.54, 1.807) is 23.4 Å². The van der Waals surface area contributed by atoms with Crippen molar-refractivity contribution in [3.63, 3.8) is 0 Å². The van der Waals surface area contributed by atoms with Gasteiger partial charge in [-0.25, -0.2) is 9.67 Å². The van der Waals surface area contributed by atoms with Crippen molar-refractivity contribution < 1.29 is 0 Å². The predicted molar refractivity (Wildman–Crippen MR) is 51.8 cm³/mol. The van der Waals surface area contributed by atoms with Crippen LogP contribution in [0.2, 0.25) is 0 Å². The van der Waals surface area contributed by atoms with Gasteiger partial charge in [0.2, 0.25) is 0 Å². The van der Waals surface area contributed by atoms with E-state index < -0.39 is 0 Å². The molecule has 0 amide bonds. The number of nitrogens with zero attached hydrogens (tertiary/aromatic N) is 4. The fourth-order valence-electron chi connectivity index (χ4n) is 1.23. The topological polar surface area (TPSA) is 69.6 Å². The van der Waals surface area contributed by atoms with E-state index in [2.05, 4.69) is 15.1 Å². The summed E-state index contributed by atoms with van der Waals surface area (Å²) < 4.78 is 1.71. The minimum absolute atomic E-state index is 0.358. The van der Waals surface area contributed by atoms with Crippen LogP contribution in [0.5, 0.6) is 0 Å². The summed E-state index contributed by atoms with van der Waals surface area (Å²) in [5, 5.41) is 4.21. The van der Waals surface area contributed by atoms with Crippen molar-refractivity contribution in [1.82, 2.24) is 19.7 Å². The van der Waals surface area contributed by atoms with Crippen molar-refractivity contribution in [3.05, 3.63) is 36.2 Å². The second-order valence-electron chi connectivity index (χ2n) is 2.97. The van der Waals surface area contributed by atoms with Gasteiger partial charge in [-0.3, -0.25) is 4.98 Å². The van der Waals surface area contributed by atoms with E-state index in [1.165, 1.54) is 0 Å². The van der Waals surface area contributed by atoms with E-state index in [0.29, 0.717) is 12.4 Å². The summed E-state index contributed by atoms with van der Waals surface area (Å²) in [6, 6.07) is 1.89. The van der Waals surface area contributed by atoms with Gasteiger partial charge in [-0.05, 0) is 18.6 Å². The molecule has 0 aliphatic carbocycles. The van der Waals surface area contributed by atoms with Crippen LogP contribution in [-0.2, 0) is 6.54 Å². The van der Waals surface area contributed by atoms with Crippen molar-refractivity contribution in [3.8, 4) is 5.69 Å². The zero-order chi connectivity index (χ0) is 9.97. The molecule has 0 fully saturated rings. The minimum atomic E-state index is 0.358. The van der Waals surface area contributed by atoms with Crippen LogP contribution in [0.25, 0.3) is 5.69 Å². The van der Waals surface area contributed by atoms with Crippen LogP contribution < -0.4 is 5.73 Å². The Labute approximate surface area is 81.6 Å². The molecule has 72 valence electrons. The van der Waals surface area contributed by atoms with E-state index in [-0.39, 0.29) is 0 Å². The number of hydrogen-bond acceptors (Lipinski definition) is 4.